The molecular weight excluding hydrogens is 236 g/mol. The molecule has 0 bridgehead atoms. The molecule has 13 heavy (non-hydrogen) atoms. The number of carbonyl (C=O) groups is 1. The fourth-order valence-electron chi connectivity index (χ4n) is 1.42. The van der Waals surface area contributed by atoms with Gasteiger partial charge in [0.1, 0.15) is 0 Å². The maximum absolute atomic E-state index is 11.1. The van der Waals surface area contributed by atoms with Crippen molar-refractivity contribution in [3.8, 4) is 0 Å². The molecule has 4 heteroatoms. The Morgan fingerprint density at radius 2 is 2.23 bits per heavy atom. The van der Waals surface area contributed by atoms with Crippen molar-refractivity contribution < 1.29 is 14.6 Å². The van der Waals surface area contributed by atoms with Crippen molar-refractivity contribution in [3.05, 3.63) is 33.3 Å². The van der Waals surface area contributed by atoms with Gasteiger partial charge in [0.2, 0.25) is 6.29 Å². The zero-order valence-electron chi connectivity index (χ0n) is 6.87. The number of ether oxygens (including phenoxy) is 1. The minimum absolute atomic E-state index is 0.452. The summed E-state index contributed by atoms with van der Waals surface area (Å²) in [7, 11) is 0. The van der Waals surface area contributed by atoms with Crippen molar-refractivity contribution in [3.63, 3.8) is 0 Å². The number of cyclic esters (lactones) is 1. The van der Waals surface area contributed by atoms with Gasteiger partial charge in [0.25, 0.3) is 0 Å². The molecule has 1 atom stereocenters. The molecule has 1 unspecified atom stereocenters. The molecule has 0 aliphatic carbocycles. The summed E-state index contributed by atoms with van der Waals surface area (Å²) in [5, 5.41) is 9.39. The van der Waals surface area contributed by atoms with Crippen LogP contribution in [-0.2, 0) is 4.74 Å². The predicted molar refractivity (Wildman–Crippen MR) is 49.3 cm³/mol. The smallest absolute Gasteiger partial charge is 0.341 e. The van der Waals surface area contributed by atoms with Gasteiger partial charge in [-0.1, -0.05) is 15.9 Å². The molecule has 0 radical (unpaired) electrons. The van der Waals surface area contributed by atoms with Crippen molar-refractivity contribution in [1.82, 2.24) is 0 Å². The molecule has 1 aliphatic rings. The van der Waals surface area contributed by atoms with Crippen LogP contribution in [0.3, 0.4) is 0 Å². The molecular formula is C9H7BrO3. The van der Waals surface area contributed by atoms with Crippen LogP contribution in [0.4, 0.5) is 0 Å². The summed E-state index contributed by atoms with van der Waals surface area (Å²) < 4.78 is 5.53. The lowest BCUT2D eigenvalue weighted by molar-refractivity contribution is -0.0550. The first kappa shape index (κ1) is 8.72. The van der Waals surface area contributed by atoms with Crippen LogP contribution in [0.2, 0.25) is 0 Å². The highest BCUT2D eigenvalue weighted by Gasteiger charge is 2.31. The summed E-state index contributed by atoms with van der Waals surface area (Å²) in [6.45, 7) is 1.83. The van der Waals surface area contributed by atoms with E-state index in [1.54, 1.807) is 12.1 Å². The normalized spacial score (nSPS) is 19.9. The number of benzene rings is 1. The first-order chi connectivity index (χ1) is 6.11. The quantitative estimate of drug-likeness (QED) is 0.708. The van der Waals surface area contributed by atoms with Gasteiger partial charge in [-0.2, -0.15) is 0 Å². The van der Waals surface area contributed by atoms with E-state index in [9.17, 15) is 9.90 Å². The summed E-state index contributed by atoms with van der Waals surface area (Å²) in [4.78, 5) is 11.1. The molecule has 68 valence electrons. The Balaban J connectivity index is 2.70. The third-order valence-electron chi connectivity index (χ3n) is 2.13. The molecule has 0 amide bonds. The molecule has 0 spiro atoms. The fourth-order valence-corrected chi connectivity index (χ4v) is 1.77. The van der Waals surface area contributed by atoms with E-state index in [-0.39, 0.29) is 0 Å². The molecule has 1 aromatic carbocycles. The summed E-state index contributed by atoms with van der Waals surface area (Å²) in [5.74, 6) is -0.460. The largest absolute Gasteiger partial charge is 0.428 e. The minimum Gasteiger partial charge on any atom is -0.428 e. The van der Waals surface area contributed by atoms with Gasteiger partial charge in [0.05, 0.1) is 5.56 Å². The van der Waals surface area contributed by atoms with E-state index < -0.39 is 12.3 Å². The first-order valence-corrected chi connectivity index (χ1v) is 4.58. The average Bonchev–Trinajstić information content (AvgIpc) is 2.35. The standard InChI is InChI=1S/C9H7BrO3/c1-4-6(10)3-2-5-7(4)9(12)13-8(5)11/h2-3,9,12H,1H3. The Labute approximate surface area is 83.5 Å². The summed E-state index contributed by atoms with van der Waals surface area (Å²) >= 11 is 3.32. The second-order valence-electron chi connectivity index (χ2n) is 2.89. The first-order valence-electron chi connectivity index (χ1n) is 3.79. The maximum atomic E-state index is 11.1. The number of halogens is 1. The van der Waals surface area contributed by atoms with Crippen LogP contribution in [0.15, 0.2) is 16.6 Å². The number of fused-ring (bicyclic) bond motifs is 1. The zero-order valence-corrected chi connectivity index (χ0v) is 8.46. The van der Waals surface area contributed by atoms with Gasteiger partial charge in [0, 0.05) is 10.0 Å². The van der Waals surface area contributed by atoms with E-state index >= 15 is 0 Å². The van der Waals surface area contributed by atoms with Crippen LogP contribution in [0, 0.1) is 6.92 Å². The van der Waals surface area contributed by atoms with Gasteiger partial charge >= 0.3 is 5.97 Å². The molecule has 1 N–H and O–H groups in total. The monoisotopic (exact) mass is 242 g/mol. The Kier molecular flexibility index (Phi) is 1.89. The van der Waals surface area contributed by atoms with Crippen molar-refractivity contribution >= 4 is 21.9 Å². The van der Waals surface area contributed by atoms with Crippen molar-refractivity contribution in [2.75, 3.05) is 0 Å². The lowest BCUT2D eigenvalue weighted by atomic mass is 10.0. The third kappa shape index (κ3) is 1.17. The second kappa shape index (κ2) is 2.82. The molecule has 3 nitrogen and oxygen atoms in total. The lowest BCUT2D eigenvalue weighted by Crippen LogP contribution is -1.96. The fraction of sp³-hybridized carbons (Fsp3) is 0.222. The van der Waals surface area contributed by atoms with E-state index in [2.05, 4.69) is 20.7 Å². The van der Waals surface area contributed by atoms with Crippen molar-refractivity contribution in [1.29, 1.82) is 0 Å². The van der Waals surface area contributed by atoms with Gasteiger partial charge in [0.15, 0.2) is 0 Å². The molecule has 0 saturated carbocycles. The molecule has 0 aromatic heterocycles. The summed E-state index contributed by atoms with van der Waals surface area (Å²) in [6.07, 6.45) is -1.11. The van der Waals surface area contributed by atoms with E-state index in [0.29, 0.717) is 11.1 Å². The molecule has 1 aromatic rings. The number of rotatable bonds is 0. The Hall–Kier alpha value is -0.870. The number of aliphatic hydroxyl groups is 1. The Morgan fingerprint density at radius 3 is 2.92 bits per heavy atom. The summed E-state index contributed by atoms with van der Waals surface area (Å²) in [5.41, 5.74) is 1.86. The molecule has 1 heterocycles. The topological polar surface area (TPSA) is 46.5 Å². The lowest BCUT2D eigenvalue weighted by Gasteiger charge is -2.06. The number of esters is 1. The van der Waals surface area contributed by atoms with Crippen LogP contribution >= 0.6 is 15.9 Å². The number of aliphatic hydroxyl groups excluding tert-OH is 1. The van der Waals surface area contributed by atoms with Crippen LogP contribution in [0.5, 0.6) is 0 Å². The third-order valence-corrected chi connectivity index (χ3v) is 2.99. The predicted octanol–water partition coefficient (Wildman–Crippen LogP) is 1.92. The highest BCUT2D eigenvalue weighted by molar-refractivity contribution is 9.10. The SMILES string of the molecule is Cc1c(Br)ccc2c1C(O)OC2=O. The highest BCUT2D eigenvalue weighted by Crippen LogP contribution is 2.34. The van der Waals surface area contributed by atoms with Gasteiger partial charge < -0.3 is 9.84 Å². The molecule has 1 aliphatic heterocycles. The molecule has 0 fully saturated rings. The van der Waals surface area contributed by atoms with Crippen LogP contribution in [0.1, 0.15) is 27.8 Å². The zero-order chi connectivity index (χ0) is 9.59. The van der Waals surface area contributed by atoms with E-state index in [4.69, 9.17) is 0 Å². The summed E-state index contributed by atoms with van der Waals surface area (Å²) in [6, 6.07) is 3.42. The van der Waals surface area contributed by atoms with Crippen LogP contribution in [-0.4, -0.2) is 11.1 Å². The number of hydrogen-bond acceptors (Lipinski definition) is 3. The number of hydrogen-bond donors (Lipinski definition) is 1. The number of carbonyl (C=O) groups excluding carboxylic acids is 1. The minimum atomic E-state index is -1.11. The van der Waals surface area contributed by atoms with E-state index in [1.807, 2.05) is 6.92 Å². The van der Waals surface area contributed by atoms with Gasteiger partial charge in [-0.15, -0.1) is 0 Å². The van der Waals surface area contributed by atoms with Crippen molar-refractivity contribution in [2.45, 2.75) is 13.2 Å². The van der Waals surface area contributed by atoms with Crippen LogP contribution < -0.4 is 0 Å². The van der Waals surface area contributed by atoms with Crippen molar-refractivity contribution in [2.24, 2.45) is 0 Å². The maximum Gasteiger partial charge on any atom is 0.341 e. The second-order valence-corrected chi connectivity index (χ2v) is 3.75. The van der Waals surface area contributed by atoms with Crippen LogP contribution in [0.25, 0.3) is 0 Å². The van der Waals surface area contributed by atoms with Gasteiger partial charge in [-0.25, -0.2) is 4.79 Å². The average molecular weight is 243 g/mol. The Morgan fingerprint density at radius 1 is 1.54 bits per heavy atom. The molecule has 2 rings (SSSR count). The highest BCUT2D eigenvalue weighted by atomic mass is 79.9. The van der Waals surface area contributed by atoms with Gasteiger partial charge in [-0.05, 0) is 24.6 Å². The molecule has 0 saturated heterocycles. The van der Waals surface area contributed by atoms with E-state index in [0.717, 1.165) is 10.0 Å². The Bertz CT molecular complexity index is 387. The van der Waals surface area contributed by atoms with E-state index in [1.165, 1.54) is 0 Å². The van der Waals surface area contributed by atoms with Gasteiger partial charge in [-0.3, -0.25) is 0 Å².